The lowest BCUT2D eigenvalue weighted by Crippen LogP contribution is -2.33. The van der Waals surface area contributed by atoms with E-state index in [-0.39, 0.29) is 0 Å². The Bertz CT molecular complexity index is 195. The molecule has 2 heteroatoms. The van der Waals surface area contributed by atoms with E-state index < -0.39 is 0 Å². The highest BCUT2D eigenvalue weighted by molar-refractivity contribution is 4.84. The second-order valence-corrected chi connectivity index (χ2v) is 4.59. The summed E-state index contributed by atoms with van der Waals surface area (Å²) in [6, 6.07) is 2.91. The van der Waals surface area contributed by atoms with Crippen molar-refractivity contribution in [2.75, 3.05) is 6.54 Å². The van der Waals surface area contributed by atoms with Crippen molar-refractivity contribution in [3.63, 3.8) is 0 Å². The van der Waals surface area contributed by atoms with Crippen LogP contribution in [0.15, 0.2) is 0 Å². The molecule has 0 aliphatic heterocycles. The molecule has 0 aromatic heterocycles. The maximum absolute atomic E-state index is 8.38. The second kappa shape index (κ2) is 6.03. The van der Waals surface area contributed by atoms with Crippen LogP contribution >= 0.6 is 0 Å². The Hall–Kier alpha value is -0.550. The summed E-state index contributed by atoms with van der Waals surface area (Å²) in [5.41, 5.74) is 0. The van der Waals surface area contributed by atoms with Crippen molar-refractivity contribution in [1.82, 2.24) is 5.32 Å². The Morgan fingerprint density at radius 2 is 2.07 bits per heavy atom. The Kier molecular flexibility index (Phi) is 4.97. The van der Waals surface area contributed by atoms with Crippen LogP contribution in [0, 0.1) is 23.2 Å². The highest BCUT2D eigenvalue weighted by Crippen LogP contribution is 2.30. The van der Waals surface area contributed by atoms with E-state index in [9.17, 15) is 0 Å². The molecule has 2 nitrogen and oxygen atoms in total. The van der Waals surface area contributed by atoms with Gasteiger partial charge in [0.25, 0.3) is 0 Å². The van der Waals surface area contributed by atoms with Crippen molar-refractivity contribution in [2.45, 2.75) is 52.0 Å². The summed E-state index contributed by atoms with van der Waals surface area (Å²) in [5, 5.41) is 12.0. The van der Waals surface area contributed by atoms with Crippen LogP contribution in [0.3, 0.4) is 0 Å². The fourth-order valence-corrected chi connectivity index (χ4v) is 2.27. The molecule has 1 aliphatic rings. The zero-order valence-corrected chi connectivity index (χ0v) is 9.42. The quantitative estimate of drug-likeness (QED) is 0.683. The summed E-state index contributed by atoms with van der Waals surface area (Å²) in [5.74, 6) is 1.71. The minimum absolute atomic E-state index is 0.707. The van der Waals surface area contributed by atoms with Crippen LogP contribution in [0.25, 0.3) is 0 Å². The SMILES string of the molecule is CC1CCC(NCCCCC#N)C1C. The minimum Gasteiger partial charge on any atom is -0.314 e. The van der Waals surface area contributed by atoms with E-state index in [2.05, 4.69) is 25.2 Å². The van der Waals surface area contributed by atoms with E-state index in [1.165, 1.54) is 12.8 Å². The molecule has 0 saturated heterocycles. The molecule has 0 aromatic carbocycles. The molecule has 14 heavy (non-hydrogen) atoms. The Morgan fingerprint density at radius 1 is 1.29 bits per heavy atom. The van der Waals surface area contributed by atoms with Gasteiger partial charge in [-0.05, 0) is 44.1 Å². The largest absolute Gasteiger partial charge is 0.314 e. The number of nitrogens with one attached hydrogen (secondary N) is 1. The van der Waals surface area contributed by atoms with Crippen LogP contribution in [0.4, 0.5) is 0 Å². The van der Waals surface area contributed by atoms with Gasteiger partial charge in [0.1, 0.15) is 0 Å². The second-order valence-electron chi connectivity index (χ2n) is 4.59. The number of hydrogen-bond donors (Lipinski definition) is 1. The Balaban J connectivity index is 2.05. The van der Waals surface area contributed by atoms with Crippen molar-refractivity contribution in [3.8, 4) is 6.07 Å². The van der Waals surface area contributed by atoms with Crippen molar-refractivity contribution < 1.29 is 0 Å². The minimum atomic E-state index is 0.707. The fraction of sp³-hybridized carbons (Fsp3) is 0.917. The molecule has 0 heterocycles. The van der Waals surface area contributed by atoms with Gasteiger partial charge in [-0.2, -0.15) is 5.26 Å². The summed E-state index contributed by atoms with van der Waals surface area (Å²) in [6.45, 7) is 5.79. The zero-order valence-electron chi connectivity index (χ0n) is 9.42. The number of rotatable bonds is 5. The molecular formula is C12H22N2. The summed E-state index contributed by atoms with van der Waals surface area (Å²) in [7, 11) is 0. The van der Waals surface area contributed by atoms with Crippen molar-refractivity contribution >= 4 is 0 Å². The van der Waals surface area contributed by atoms with E-state index in [0.29, 0.717) is 6.42 Å². The van der Waals surface area contributed by atoms with Gasteiger partial charge in [0.15, 0.2) is 0 Å². The number of hydrogen-bond acceptors (Lipinski definition) is 2. The highest BCUT2D eigenvalue weighted by atomic mass is 14.9. The average Bonchev–Trinajstić information content (AvgIpc) is 2.49. The standard InChI is InChI=1S/C12H22N2/c1-10-6-7-12(11(10)2)14-9-5-3-4-8-13/h10-12,14H,3-7,9H2,1-2H3. The van der Waals surface area contributed by atoms with Gasteiger partial charge in [0, 0.05) is 12.5 Å². The molecule has 0 radical (unpaired) electrons. The van der Waals surface area contributed by atoms with Gasteiger partial charge >= 0.3 is 0 Å². The van der Waals surface area contributed by atoms with Crippen LogP contribution in [-0.2, 0) is 0 Å². The van der Waals surface area contributed by atoms with Crippen LogP contribution in [-0.4, -0.2) is 12.6 Å². The van der Waals surface area contributed by atoms with E-state index in [0.717, 1.165) is 37.3 Å². The van der Waals surface area contributed by atoms with Gasteiger partial charge in [-0.1, -0.05) is 13.8 Å². The molecule has 3 unspecified atom stereocenters. The molecular weight excluding hydrogens is 172 g/mol. The van der Waals surface area contributed by atoms with Crippen molar-refractivity contribution in [3.05, 3.63) is 0 Å². The predicted molar refractivity (Wildman–Crippen MR) is 58.8 cm³/mol. The number of nitrogens with zero attached hydrogens (tertiary/aromatic N) is 1. The molecule has 80 valence electrons. The van der Waals surface area contributed by atoms with Gasteiger partial charge < -0.3 is 5.32 Å². The Morgan fingerprint density at radius 3 is 2.64 bits per heavy atom. The molecule has 1 rings (SSSR count). The van der Waals surface area contributed by atoms with Gasteiger partial charge in [-0.15, -0.1) is 0 Å². The zero-order chi connectivity index (χ0) is 10.4. The molecule has 0 bridgehead atoms. The monoisotopic (exact) mass is 194 g/mol. The topological polar surface area (TPSA) is 35.8 Å². The van der Waals surface area contributed by atoms with Crippen molar-refractivity contribution in [2.24, 2.45) is 11.8 Å². The fourth-order valence-electron chi connectivity index (χ4n) is 2.27. The smallest absolute Gasteiger partial charge is 0.0621 e. The van der Waals surface area contributed by atoms with Gasteiger partial charge in [0.05, 0.1) is 6.07 Å². The third-order valence-corrected chi connectivity index (χ3v) is 3.59. The van der Waals surface area contributed by atoms with E-state index in [1.807, 2.05) is 0 Å². The van der Waals surface area contributed by atoms with E-state index >= 15 is 0 Å². The average molecular weight is 194 g/mol. The molecule has 1 fully saturated rings. The normalized spacial score (nSPS) is 31.6. The van der Waals surface area contributed by atoms with E-state index in [4.69, 9.17) is 5.26 Å². The number of nitriles is 1. The molecule has 1 N–H and O–H groups in total. The molecule has 0 amide bonds. The summed E-state index contributed by atoms with van der Waals surface area (Å²) in [6.07, 6.45) is 5.60. The molecule has 1 saturated carbocycles. The lowest BCUT2D eigenvalue weighted by molar-refractivity contribution is 0.369. The first kappa shape index (κ1) is 11.5. The number of unbranched alkanes of at least 4 members (excludes halogenated alkanes) is 2. The van der Waals surface area contributed by atoms with E-state index in [1.54, 1.807) is 0 Å². The lowest BCUT2D eigenvalue weighted by Gasteiger charge is -2.19. The lowest BCUT2D eigenvalue weighted by atomic mass is 9.98. The molecule has 1 aliphatic carbocycles. The van der Waals surface area contributed by atoms with Crippen molar-refractivity contribution in [1.29, 1.82) is 5.26 Å². The predicted octanol–water partition coefficient (Wildman–Crippen LogP) is 2.70. The third-order valence-electron chi connectivity index (χ3n) is 3.59. The first-order valence-electron chi connectivity index (χ1n) is 5.86. The maximum atomic E-state index is 8.38. The first-order chi connectivity index (χ1) is 6.75. The molecule has 3 atom stereocenters. The van der Waals surface area contributed by atoms with Gasteiger partial charge in [0.2, 0.25) is 0 Å². The summed E-state index contributed by atoms with van der Waals surface area (Å²) in [4.78, 5) is 0. The summed E-state index contributed by atoms with van der Waals surface area (Å²) >= 11 is 0. The maximum Gasteiger partial charge on any atom is 0.0621 e. The molecule has 0 aromatic rings. The Labute approximate surface area is 87.7 Å². The van der Waals surface area contributed by atoms with Crippen LogP contribution < -0.4 is 5.32 Å². The molecule has 0 spiro atoms. The summed E-state index contributed by atoms with van der Waals surface area (Å²) < 4.78 is 0. The van der Waals surface area contributed by atoms with Crippen LogP contribution in [0.1, 0.15) is 46.0 Å². The van der Waals surface area contributed by atoms with Gasteiger partial charge in [-0.25, -0.2) is 0 Å². The van der Waals surface area contributed by atoms with Crippen LogP contribution in [0.2, 0.25) is 0 Å². The first-order valence-corrected chi connectivity index (χ1v) is 5.86. The van der Waals surface area contributed by atoms with Crippen LogP contribution in [0.5, 0.6) is 0 Å². The highest BCUT2D eigenvalue weighted by Gasteiger charge is 2.28. The van der Waals surface area contributed by atoms with Gasteiger partial charge in [-0.3, -0.25) is 0 Å². The third kappa shape index (κ3) is 3.31.